The van der Waals surface area contributed by atoms with Crippen LogP contribution in [0.3, 0.4) is 0 Å². The number of aryl methyl sites for hydroxylation is 1. The highest BCUT2D eigenvalue weighted by Gasteiger charge is 2.16. The summed E-state index contributed by atoms with van der Waals surface area (Å²) in [5, 5.41) is -0.168. The molecule has 24 heavy (non-hydrogen) atoms. The van der Waals surface area contributed by atoms with Crippen LogP contribution in [-0.2, 0) is 15.8 Å². The van der Waals surface area contributed by atoms with E-state index in [1.807, 2.05) is 19.1 Å². The van der Waals surface area contributed by atoms with Gasteiger partial charge in [0.05, 0.1) is 11.5 Å². The molecule has 0 bridgehead atoms. The lowest BCUT2D eigenvalue weighted by Gasteiger charge is -2.12. The van der Waals surface area contributed by atoms with Gasteiger partial charge in [0, 0.05) is 17.0 Å². The molecular formula is C18H21NO3S2. The second-order valence-electron chi connectivity index (χ2n) is 5.70. The van der Waals surface area contributed by atoms with E-state index in [0.29, 0.717) is 11.3 Å². The van der Waals surface area contributed by atoms with E-state index in [0.717, 1.165) is 12.0 Å². The van der Waals surface area contributed by atoms with Crippen molar-refractivity contribution in [3.05, 3.63) is 65.2 Å². The average molecular weight is 364 g/mol. The highest BCUT2D eigenvalue weighted by atomic mass is 32.2. The second kappa shape index (κ2) is 7.85. The molecule has 0 amide bonds. The predicted octanol–water partition coefficient (Wildman–Crippen LogP) is 3.87. The number of ketones is 1. The van der Waals surface area contributed by atoms with Gasteiger partial charge in [0.15, 0.2) is 5.78 Å². The summed E-state index contributed by atoms with van der Waals surface area (Å²) in [4.78, 5) is 12.5. The first-order chi connectivity index (χ1) is 11.3. The third kappa shape index (κ3) is 5.39. The third-order valence-electron chi connectivity index (χ3n) is 3.59. The number of carbonyl (C=O) groups is 1. The van der Waals surface area contributed by atoms with E-state index in [1.165, 1.54) is 11.1 Å². The quantitative estimate of drug-likeness (QED) is 0.759. The maximum Gasteiger partial charge on any atom is 0.229 e. The lowest BCUT2D eigenvalue weighted by Crippen LogP contribution is -2.14. The Bertz CT molecular complexity index is 814. The number of hydrogen-bond donors (Lipinski definition) is 1. The van der Waals surface area contributed by atoms with E-state index < -0.39 is 10.0 Å². The summed E-state index contributed by atoms with van der Waals surface area (Å²) in [5.74, 6) is 0.826. The predicted molar refractivity (Wildman–Crippen MR) is 101 cm³/mol. The van der Waals surface area contributed by atoms with E-state index in [9.17, 15) is 13.2 Å². The maximum absolute atomic E-state index is 12.5. The molecule has 2 aromatic carbocycles. The van der Waals surface area contributed by atoms with Gasteiger partial charge < -0.3 is 0 Å². The first-order valence-corrected chi connectivity index (χ1v) is 10.5. The molecule has 0 radical (unpaired) electrons. The fraction of sp³-hybridized carbons (Fsp3) is 0.278. The molecule has 0 saturated carbocycles. The summed E-state index contributed by atoms with van der Waals surface area (Å²) in [6.07, 6.45) is 1.09. The number of thioether (sulfide) groups is 1. The Kier molecular flexibility index (Phi) is 6.07. The fourth-order valence-corrected chi connectivity index (χ4v) is 3.82. The standard InChI is InChI=1S/C18H21NO3S2/c1-13-6-4-5-7-16(13)12-23-14(2)18(20)15-8-10-17(11-9-15)19-24(3,21)22/h4-11,14,19H,12H2,1-3H3. The maximum atomic E-state index is 12.5. The van der Waals surface area contributed by atoms with Crippen LogP contribution in [0.5, 0.6) is 0 Å². The lowest BCUT2D eigenvalue weighted by molar-refractivity contribution is 0.0994. The molecular weight excluding hydrogens is 342 g/mol. The first kappa shape index (κ1) is 18.5. The SMILES string of the molecule is Cc1ccccc1CSC(C)C(=O)c1ccc(NS(C)(=O)=O)cc1. The minimum Gasteiger partial charge on any atom is -0.293 e. The van der Waals surface area contributed by atoms with Gasteiger partial charge in [-0.2, -0.15) is 0 Å². The van der Waals surface area contributed by atoms with Crippen LogP contribution in [0.15, 0.2) is 48.5 Å². The minimum absolute atomic E-state index is 0.0412. The zero-order chi connectivity index (χ0) is 17.7. The molecule has 1 atom stereocenters. The highest BCUT2D eigenvalue weighted by molar-refractivity contribution is 7.99. The van der Waals surface area contributed by atoms with Crippen molar-refractivity contribution < 1.29 is 13.2 Å². The summed E-state index contributed by atoms with van der Waals surface area (Å²) < 4.78 is 24.8. The van der Waals surface area contributed by atoms with Gasteiger partial charge in [0.25, 0.3) is 0 Å². The Morgan fingerprint density at radius 3 is 2.33 bits per heavy atom. The van der Waals surface area contributed by atoms with E-state index in [2.05, 4.69) is 23.8 Å². The van der Waals surface area contributed by atoms with Crippen LogP contribution in [0.25, 0.3) is 0 Å². The topological polar surface area (TPSA) is 63.2 Å². The molecule has 0 aromatic heterocycles. The van der Waals surface area contributed by atoms with Gasteiger partial charge in [-0.15, -0.1) is 11.8 Å². The molecule has 0 saturated heterocycles. The molecule has 4 nitrogen and oxygen atoms in total. The van der Waals surface area contributed by atoms with Crippen LogP contribution in [0, 0.1) is 6.92 Å². The number of benzene rings is 2. The highest BCUT2D eigenvalue weighted by Crippen LogP contribution is 2.23. The van der Waals surface area contributed by atoms with Gasteiger partial charge >= 0.3 is 0 Å². The van der Waals surface area contributed by atoms with Gasteiger partial charge in [-0.25, -0.2) is 8.42 Å². The van der Waals surface area contributed by atoms with E-state index in [4.69, 9.17) is 0 Å². The molecule has 0 heterocycles. The zero-order valence-corrected chi connectivity index (χ0v) is 15.6. The molecule has 0 fully saturated rings. The van der Waals surface area contributed by atoms with E-state index in [1.54, 1.807) is 36.0 Å². The number of sulfonamides is 1. The summed E-state index contributed by atoms with van der Waals surface area (Å²) in [7, 11) is -3.31. The van der Waals surface area contributed by atoms with Crippen molar-refractivity contribution in [2.45, 2.75) is 24.9 Å². The molecule has 2 aromatic rings. The summed E-state index contributed by atoms with van der Waals surface area (Å²) >= 11 is 1.60. The Hall–Kier alpha value is -1.79. The number of anilines is 1. The van der Waals surface area contributed by atoms with E-state index in [-0.39, 0.29) is 11.0 Å². The minimum atomic E-state index is -3.31. The molecule has 128 valence electrons. The summed E-state index contributed by atoms with van der Waals surface area (Å²) in [5.41, 5.74) is 3.49. The van der Waals surface area contributed by atoms with Crippen molar-refractivity contribution >= 4 is 33.3 Å². The number of nitrogens with one attached hydrogen (secondary N) is 1. The van der Waals surface area contributed by atoms with Crippen molar-refractivity contribution in [1.82, 2.24) is 0 Å². The second-order valence-corrected chi connectivity index (χ2v) is 8.77. The third-order valence-corrected chi connectivity index (χ3v) is 5.39. The summed E-state index contributed by atoms with van der Waals surface area (Å²) in [6, 6.07) is 14.7. The van der Waals surface area contributed by atoms with E-state index >= 15 is 0 Å². The molecule has 0 spiro atoms. The van der Waals surface area contributed by atoms with Gasteiger partial charge in [0.1, 0.15) is 0 Å². The molecule has 1 unspecified atom stereocenters. The fourth-order valence-electron chi connectivity index (χ4n) is 2.21. The Morgan fingerprint density at radius 2 is 1.75 bits per heavy atom. The first-order valence-electron chi connectivity index (χ1n) is 7.54. The van der Waals surface area contributed by atoms with Crippen molar-refractivity contribution in [1.29, 1.82) is 0 Å². The molecule has 1 N–H and O–H groups in total. The number of hydrogen-bond acceptors (Lipinski definition) is 4. The number of rotatable bonds is 7. The Morgan fingerprint density at radius 1 is 1.12 bits per heavy atom. The number of Topliss-reactive ketones (excluding diaryl/α,β-unsaturated/α-hetero) is 1. The Balaban J connectivity index is 1.99. The Labute approximate surface area is 147 Å². The van der Waals surface area contributed by atoms with Gasteiger partial charge in [0.2, 0.25) is 10.0 Å². The van der Waals surface area contributed by atoms with Crippen LogP contribution < -0.4 is 4.72 Å². The normalized spacial score (nSPS) is 12.6. The molecule has 0 aliphatic carbocycles. The zero-order valence-electron chi connectivity index (χ0n) is 13.9. The van der Waals surface area contributed by atoms with Crippen molar-refractivity contribution in [2.75, 3.05) is 11.0 Å². The molecule has 0 aliphatic heterocycles. The van der Waals surface area contributed by atoms with Crippen LogP contribution >= 0.6 is 11.8 Å². The van der Waals surface area contributed by atoms with Crippen molar-refractivity contribution in [3.8, 4) is 0 Å². The smallest absolute Gasteiger partial charge is 0.229 e. The van der Waals surface area contributed by atoms with Crippen LogP contribution in [0.2, 0.25) is 0 Å². The number of carbonyl (C=O) groups excluding carboxylic acids is 1. The monoisotopic (exact) mass is 363 g/mol. The average Bonchev–Trinajstić information content (AvgIpc) is 2.52. The van der Waals surface area contributed by atoms with Crippen LogP contribution in [-0.4, -0.2) is 25.7 Å². The molecule has 2 rings (SSSR count). The van der Waals surface area contributed by atoms with Crippen LogP contribution in [0.4, 0.5) is 5.69 Å². The van der Waals surface area contributed by atoms with Gasteiger partial charge in [-0.3, -0.25) is 9.52 Å². The molecule has 6 heteroatoms. The lowest BCUT2D eigenvalue weighted by atomic mass is 10.1. The van der Waals surface area contributed by atoms with Crippen molar-refractivity contribution in [3.63, 3.8) is 0 Å². The van der Waals surface area contributed by atoms with Crippen molar-refractivity contribution in [2.24, 2.45) is 0 Å². The van der Waals surface area contributed by atoms with Gasteiger partial charge in [-0.05, 0) is 49.2 Å². The summed E-state index contributed by atoms with van der Waals surface area (Å²) in [6.45, 7) is 3.96. The van der Waals surface area contributed by atoms with Gasteiger partial charge in [-0.1, -0.05) is 24.3 Å². The largest absolute Gasteiger partial charge is 0.293 e. The van der Waals surface area contributed by atoms with Crippen LogP contribution in [0.1, 0.15) is 28.4 Å². The molecule has 0 aliphatic rings.